The first kappa shape index (κ1) is 34.5. The minimum absolute atomic E-state index is 0.473. The molecule has 0 atom stereocenters. The van der Waals surface area contributed by atoms with Crippen molar-refractivity contribution in [3.8, 4) is 33.4 Å². The summed E-state index contributed by atoms with van der Waals surface area (Å²) in [5.41, 5.74) is 17.3. The molecule has 2 nitrogen and oxygen atoms in total. The number of hydrogen-bond donors (Lipinski definition) is 0. The minimum atomic E-state index is -0.473. The number of para-hydroxylation sites is 1. The average Bonchev–Trinajstić information content (AvgIpc) is 3.98. The predicted molar refractivity (Wildman–Crippen MR) is 263 cm³/mol. The van der Waals surface area contributed by atoms with Gasteiger partial charge in [0.2, 0.25) is 0 Å². The standard InChI is InChI=1S/C61H37NO/c1-2-15-40-36-43(29-27-38(40)13-1)62(44-30-32-50-49-19-7-11-23-54(49)61(55(50)37-44)52-21-9-5-17-47(52)48-18-6-10-22-53(48)61)56-33-34-58-60(51-20-8-12-24-57(51)63-58)59(56)42-28-31-46-41(35-42)26-25-39-14-3-4-16-45(39)46/h1-37H. The van der Waals surface area contributed by atoms with Crippen molar-refractivity contribution in [3.63, 3.8) is 0 Å². The van der Waals surface area contributed by atoms with Crippen LogP contribution >= 0.6 is 0 Å². The molecule has 0 aliphatic heterocycles. The number of hydrogen-bond acceptors (Lipinski definition) is 2. The molecule has 0 bridgehead atoms. The normalized spacial score (nSPS) is 13.2. The molecule has 0 fully saturated rings. The van der Waals surface area contributed by atoms with Crippen LogP contribution in [0.25, 0.3) is 87.6 Å². The highest BCUT2D eigenvalue weighted by Gasteiger charge is 2.51. The number of benzene rings is 11. The lowest BCUT2D eigenvalue weighted by Gasteiger charge is -2.33. The Morgan fingerprint density at radius 1 is 0.333 bits per heavy atom. The fourth-order valence-corrected chi connectivity index (χ4v) is 11.4. The van der Waals surface area contributed by atoms with Crippen molar-refractivity contribution in [1.82, 2.24) is 0 Å². The van der Waals surface area contributed by atoms with Gasteiger partial charge < -0.3 is 9.32 Å². The van der Waals surface area contributed by atoms with Crippen molar-refractivity contribution in [2.45, 2.75) is 5.41 Å². The van der Waals surface area contributed by atoms with E-state index in [0.717, 1.165) is 50.1 Å². The molecular weight excluding hydrogens is 763 g/mol. The molecule has 11 aromatic carbocycles. The highest BCUT2D eigenvalue weighted by molar-refractivity contribution is 6.18. The third-order valence-corrected chi connectivity index (χ3v) is 14.0. The van der Waals surface area contributed by atoms with Gasteiger partial charge in [-0.3, -0.25) is 0 Å². The maximum absolute atomic E-state index is 6.67. The molecule has 2 heteroatoms. The first-order chi connectivity index (χ1) is 31.2. The van der Waals surface area contributed by atoms with E-state index in [0.29, 0.717) is 0 Å². The molecule has 1 heterocycles. The molecule has 0 radical (unpaired) electrons. The third kappa shape index (κ3) is 4.72. The molecule has 2 aliphatic carbocycles. The van der Waals surface area contributed by atoms with Gasteiger partial charge in [-0.05, 0) is 131 Å². The van der Waals surface area contributed by atoms with Gasteiger partial charge in [0.05, 0.1) is 11.1 Å². The van der Waals surface area contributed by atoms with E-state index in [1.165, 1.54) is 76.8 Å². The van der Waals surface area contributed by atoms with Gasteiger partial charge >= 0.3 is 0 Å². The van der Waals surface area contributed by atoms with E-state index in [-0.39, 0.29) is 0 Å². The number of fused-ring (bicyclic) bond motifs is 17. The van der Waals surface area contributed by atoms with Crippen molar-refractivity contribution >= 4 is 71.3 Å². The van der Waals surface area contributed by atoms with E-state index in [4.69, 9.17) is 4.42 Å². The zero-order chi connectivity index (χ0) is 41.2. The SMILES string of the molecule is c1ccc2c(c1)-c1ccccc1C21c2ccccc2-c2ccc(N(c3ccc4ccccc4c3)c3ccc4oc5ccccc5c4c3-c3ccc4c(ccc5ccccc54)c3)cc21. The first-order valence-electron chi connectivity index (χ1n) is 21.8. The maximum Gasteiger partial charge on any atom is 0.136 e. The van der Waals surface area contributed by atoms with E-state index in [1.807, 2.05) is 0 Å². The van der Waals surface area contributed by atoms with Crippen LogP contribution in [-0.4, -0.2) is 0 Å². The Bertz CT molecular complexity index is 3830. The molecule has 12 aromatic rings. The summed E-state index contributed by atoms with van der Waals surface area (Å²) in [7, 11) is 0. The number of nitrogens with zero attached hydrogens (tertiary/aromatic N) is 1. The fraction of sp³-hybridized carbons (Fsp3) is 0.0164. The molecule has 1 aromatic heterocycles. The summed E-state index contributed by atoms with van der Waals surface area (Å²) in [5, 5.41) is 9.56. The van der Waals surface area contributed by atoms with Crippen molar-refractivity contribution in [2.75, 3.05) is 4.90 Å². The topological polar surface area (TPSA) is 16.4 Å². The number of furan rings is 1. The van der Waals surface area contributed by atoms with Crippen LogP contribution in [0.1, 0.15) is 22.3 Å². The lowest BCUT2D eigenvalue weighted by atomic mass is 9.70. The van der Waals surface area contributed by atoms with Crippen LogP contribution in [0.5, 0.6) is 0 Å². The molecule has 292 valence electrons. The Balaban J connectivity index is 1.09. The third-order valence-electron chi connectivity index (χ3n) is 14.0. The van der Waals surface area contributed by atoms with Crippen LogP contribution in [0.4, 0.5) is 17.1 Å². The zero-order valence-corrected chi connectivity index (χ0v) is 34.2. The van der Waals surface area contributed by atoms with Crippen LogP contribution in [-0.2, 0) is 5.41 Å². The average molecular weight is 800 g/mol. The Morgan fingerprint density at radius 2 is 0.889 bits per heavy atom. The summed E-state index contributed by atoms with van der Waals surface area (Å²) in [5.74, 6) is 0. The van der Waals surface area contributed by atoms with Crippen molar-refractivity contribution in [1.29, 1.82) is 0 Å². The zero-order valence-electron chi connectivity index (χ0n) is 34.2. The lowest BCUT2D eigenvalue weighted by molar-refractivity contribution is 0.669. The van der Waals surface area contributed by atoms with Crippen molar-refractivity contribution < 1.29 is 4.42 Å². The second-order valence-corrected chi connectivity index (χ2v) is 17.1. The van der Waals surface area contributed by atoms with Gasteiger partial charge in [0.1, 0.15) is 11.2 Å². The highest BCUT2D eigenvalue weighted by Crippen LogP contribution is 2.63. The summed E-state index contributed by atoms with van der Waals surface area (Å²) < 4.78 is 6.67. The fourth-order valence-electron chi connectivity index (χ4n) is 11.4. The molecular formula is C61H37NO. The molecule has 0 saturated carbocycles. The Hall–Kier alpha value is -8.20. The van der Waals surface area contributed by atoms with Gasteiger partial charge in [-0.25, -0.2) is 0 Å². The monoisotopic (exact) mass is 799 g/mol. The van der Waals surface area contributed by atoms with Gasteiger partial charge in [0.25, 0.3) is 0 Å². The predicted octanol–water partition coefficient (Wildman–Crippen LogP) is 16.5. The molecule has 0 unspecified atom stereocenters. The summed E-state index contributed by atoms with van der Waals surface area (Å²) in [6.45, 7) is 0. The molecule has 0 N–H and O–H groups in total. The van der Waals surface area contributed by atoms with Crippen LogP contribution in [0.3, 0.4) is 0 Å². The van der Waals surface area contributed by atoms with E-state index < -0.39 is 5.41 Å². The van der Waals surface area contributed by atoms with Crippen LogP contribution < -0.4 is 4.90 Å². The maximum atomic E-state index is 6.67. The highest BCUT2D eigenvalue weighted by atomic mass is 16.3. The number of rotatable bonds is 4. The van der Waals surface area contributed by atoms with E-state index >= 15 is 0 Å². The van der Waals surface area contributed by atoms with Crippen molar-refractivity contribution in [2.24, 2.45) is 0 Å². The Kier molecular flexibility index (Phi) is 7.07. The summed E-state index contributed by atoms with van der Waals surface area (Å²) in [4.78, 5) is 2.50. The first-order valence-corrected chi connectivity index (χ1v) is 21.8. The van der Waals surface area contributed by atoms with Gasteiger partial charge in [0, 0.05) is 27.7 Å². The van der Waals surface area contributed by atoms with Crippen LogP contribution in [0.2, 0.25) is 0 Å². The van der Waals surface area contributed by atoms with Gasteiger partial charge in [-0.15, -0.1) is 0 Å². The van der Waals surface area contributed by atoms with Crippen LogP contribution in [0, 0.1) is 0 Å². The van der Waals surface area contributed by atoms with E-state index in [2.05, 4.69) is 229 Å². The molecule has 0 saturated heterocycles. The van der Waals surface area contributed by atoms with Gasteiger partial charge in [-0.1, -0.05) is 176 Å². The molecule has 0 amide bonds. The van der Waals surface area contributed by atoms with E-state index in [9.17, 15) is 0 Å². The van der Waals surface area contributed by atoms with Crippen molar-refractivity contribution in [3.05, 3.63) is 247 Å². The summed E-state index contributed by atoms with van der Waals surface area (Å²) in [6, 6.07) is 83.1. The molecule has 14 rings (SSSR count). The lowest BCUT2D eigenvalue weighted by Crippen LogP contribution is -2.26. The minimum Gasteiger partial charge on any atom is -0.456 e. The van der Waals surface area contributed by atoms with Gasteiger partial charge in [0.15, 0.2) is 0 Å². The Labute approximate surface area is 364 Å². The summed E-state index contributed by atoms with van der Waals surface area (Å²) >= 11 is 0. The van der Waals surface area contributed by atoms with Crippen LogP contribution in [0.15, 0.2) is 229 Å². The summed E-state index contributed by atoms with van der Waals surface area (Å²) in [6.07, 6.45) is 0. The van der Waals surface area contributed by atoms with Gasteiger partial charge in [-0.2, -0.15) is 0 Å². The largest absolute Gasteiger partial charge is 0.456 e. The molecule has 63 heavy (non-hydrogen) atoms. The molecule has 2 aliphatic rings. The second kappa shape index (κ2) is 12.9. The van der Waals surface area contributed by atoms with E-state index in [1.54, 1.807) is 0 Å². The molecule has 1 spiro atoms. The quantitative estimate of drug-likeness (QED) is 0.165. The second-order valence-electron chi connectivity index (χ2n) is 17.1. The Morgan fingerprint density at radius 3 is 1.65 bits per heavy atom. The smallest absolute Gasteiger partial charge is 0.136 e. The number of anilines is 3.